The molecule has 0 atom stereocenters. The van der Waals surface area contributed by atoms with Crippen molar-refractivity contribution in [2.24, 2.45) is 0 Å². The lowest BCUT2D eigenvalue weighted by Crippen LogP contribution is -2.20. The van der Waals surface area contributed by atoms with Crippen molar-refractivity contribution in [1.29, 1.82) is 0 Å². The molecule has 0 aliphatic heterocycles. The summed E-state index contributed by atoms with van der Waals surface area (Å²) in [6.07, 6.45) is 0.916. The van der Waals surface area contributed by atoms with Gasteiger partial charge >= 0.3 is 0 Å². The lowest BCUT2D eigenvalue weighted by molar-refractivity contribution is 0.259. The maximum absolute atomic E-state index is 6.03. The molecule has 0 amide bonds. The Hall–Kier alpha value is -2.04. The summed E-state index contributed by atoms with van der Waals surface area (Å²) in [4.78, 5) is 4.27. The van der Waals surface area contributed by atoms with Crippen molar-refractivity contribution < 1.29 is 9.47 Å². The van der Waals surface area contributed by atoms with Crippen LogP contribution in [0.15, 0.2) is 24.3 Å². The summed E-state index contributed by atoms with van der Waals surface area (Å²) < 4.78 is 12.1. The molecule has 0 spiro atoms. The maximum atomic E-state index is 6.03. The van der Waals surface area contributed by atoms with E-state index in [1.807, 2.05) is 0 Å². The molecule has 0 fully saturated rings. The quantitative estimate of drug-likeness (QED) is 0.592. The Morgan fingerprint density at radius 1 is 0.586 bits per heavy atom. The van der Waals surface area contributed by atoms with E-state index in [0.29, 0.717) is 13.2 Å². The number of benzene rings is 2. The highest BCUT2D eigenvalue weighted by molar-refractivity contribution is 5.47. The molecule has 0 aliphatic rings. The number of nitrogens with zero attached hydrogens (tertiary/aromatic N) is 2. The molecular weight excluding hydrogens is 360 g/mol. The largest absolute Gasteiger partial charge is 0.492 e. The van der Waals surface area contributed by atoms with Gasteiger partial charge in [-0.25, -0.2) is 0 Å². The molecule has 4 heteroatoms. The first-order valence-corrected chi connectivity index (χ1v) is 10.4. The number of hydrogen-bond donors (Lipinski definition) is 0. The zero-order valence-electron chi connectivity index (χ0n) is 19.6. The molecule has 0 bridgehead atoms. The van der Waals surface area contributed by atoms with Crippen molar-refractivity contribution in [3.8, 4) is 11.5 Å². The number of aryl methyl sites for hydroxylation is 4. The first-order valence-electron chi connectivity index (χ1n) is 10.4. The first kappa shape index (κ1) is 23.2. The normalized spacial score (nSPS) is 11.4. The lowest BCUT2D eigenvalue weighted by Gasteiger charge is -2.17. The molecule has 4 nitrogen and oxygen atoms in total. The summed E-state index contributed by atoms with van der Waals surface area (Å²) in [5, 5.41) is 0. The monoisotopic (exact) mass is 398 g/mol. The van der Waals surface area contributed by atoms with Crippen molar-refractivity contribution in [1.82, 2.24) is 9.80 Å². The van der Waals surface area contributed by atoms with E-state index in [0.717, 1.165) is 31.0 Å². The molecule has 0 N–H and O–H groups in total. The molecule has 0 saturated carbocycles. The summed E-state index contributed by atoms with van der Waals surface area (Å²) in [7, 11) is 8.26. The summed E-state index contributed by atoms with van der Waals surface area (Å²) >= 11 is 0. The standard InChI is InChI=1S/C25H38N2O2/c1-18-13-22(14-19(2)24(18)28-11-9-26(5)6)17-23-15-20(3)25(21(4)16-23)29-12-10-27(7)8/h13-16H,9-12,17H2,1-8H3. The van der Waals surface area contributed by atoms with E-state index in [1.165, 1.54) is 33.4 Å². The molecule has 2 aromatic rings. The van der Waals surface area contributed by atoms with Crippen LogP contribution >= 0.6 is 0 Å². The Balaban J connectivity index is 2.11. The molecule has 2 aromatic carbocycles. The van der Waals surface area contributed by atoms with Gasteiger partial charge in [0, 0.05) is 13.1 Å². The van der Waals surface area contributed by atoms with Gasteiger partial charge in [-0.2, -0.15) is 0 Å². The second kappa shape index (κ2) is 10.7. The fourth-order valence-corrected chi connectivity index (χ4v) is 3.64. The number of hydrogen-bond acceptors (Lipinski definition) is 4. The predicted molar refractivity (Wildman–Crippen MR) is 123 cm³/mol. The SMILES string of the molecule is Cc1cc(Cc2cc(C)c(OCCN(C)C)c(C)c2)cc(C)c1OCCN(C)C. The first-order chi connectivity index (χ1) is 13.7. The van der Waals surface area contributed by atoms with Crippen LogP contribution in [-0.2, 0) is 6.42 Å². The Bertz CT molecular complexity index is 699. The maximum Gasteiger partial charge on any atom is 0.125 e. The van der Waals surface area contributed by atoms with Gasteiger partial charge in [0.25, 0.3) is 0 Å². The molecule has 0 radical (unpaired) electrons. The van der Waals surface area contributed by atoms with Crippen LogP contribution in [0.2, 0.25) is 0 Å². The number of ether oxygens (including phenoxy) is 2. The van der Waals surface area contributed by atoms with Gasteiger partial charge in [0.15, 0.2) is 0 Å². The highest BCUT2D eigenvalue weighted by Gasteiger charge is 2.10. The fourth-order valence-electron chi connectivity index (χ4n) is 3.64. The third-order valence-electron chi connectivity index (χ3n) is 5.02. The summed E-state index contributed by atoms with van der Waals surface area (Å²) in [6, 6.07) is 9.02. The molecule has 2 rings (SSSR count). The van der Waals surface area contributed by atoms with E-state index in [9.17, 15) is 0 Å². The molecule has 0 unspecified atom stereocenters. The van der Waals surface area contributed by atoms with Gasteiger partial charge in [-0.15, -0.1) is 0 Å². The lowest BCUT2D eigenvalue weighted by atomic mass is 9.97. The third-order valence-corrected chi connectivity index (χ3v) is 5.02. The van der Waals surface area contributed by atoms with E-state index in [1.54, 1.807) is 0 Å². The third kappa shape index (κ3) is 7.06. The van der Waals surface area contributed by atoms with E-state index in [4.69, 9.17) is 9.47 Å². The Morgan fingerprint density at radius 2 is 0.897 bits per heavy atom. The summed E-state index contributed by atoms with van der Waals surface area (Å²) in [5.41, 5.74) is 7.46. The van der Waals surface area contributed by atoms with Gasteiger partial charge in [-0.3, -0.25) is 0 Å². The van der Waals surface area contributed by atoms with Gasteiger partial charge < -0.3 is 19.3 Å². The zero-order chi connectivity index (χ0) is 21.6. The van der Waals surface area contributed by atoms with E-state index in [-0.39, 0.29) is 0 Å². The molecule has 0 heterocycles. The van der Waals surface area contributed by atoms with Crippen LogP contribution in [-0.4, -0.2) is 64.3 Å². The summed E-state index contributed by atoms with van der Waals surface area (Å²) in [6.45, 7) is 11.8. The molecular formula is C25H38N2O2. The van der Waals surface area contributed by atoms with Gasteiger partial charge in [0.05, 0.1) is 0 Å². The average Bonchev–Trinajstić information content (AvgIpc) is 2.59. The molecule has 0 aliphatic carbocycles. The predicted octanol–water partition coefficient (Wildman–Crippen LogP) is 4.39. The Kier molecular flexibility index (Phi) is 8.54. The van der Waals surface area contributed by atoms with Crippen LogP contribution in [0.25, 0.3) is 0 Å². The number of rotatable bonds is 10. The topological polar surface area (TPSA) is 24.9 Å². The van der Waals surface area contributed by atoms with Crippen LogP contribution < -0.4 is 9.47 Å². The van der Waals surface area contributed by atoms with Gasteiger partial charge in [0.2, 0.25) is 0 Å². The van der Waals surface area contributed by atoms with Gasteiger partial charge in [-0.05, 0) is 95.7 Å². The van der Waals surface area contributed by atoms with E-state index >= 15 is 0 Å². The molecule has 0 aromatic heterocycles. The highest BCUT2D eigenvalue weighted by atomic mass is 16.5. The van der Waals surface area contributed by atoms with Crippen LogP contribution in [0.3, 0.4) is 0 Å². The zero-order valence-corrected chi connectivity index (χ0v) is 19.6. The average molecular weight is 399 g/mol. The van der Waals surface area contributed by atoms with Crippen LogP contribution in [0, 0.1) is 27.7 Å². The van der Waals surface area contributed by atoms with Crippen molar-refractivity contribution in [2.75, 3.05) is 54.5 Å². The number of likely N-dealkylation sites (N-methyl/N-ethyl adjacent to an activating group) is 2. The van der Waals surface area contributed by atoms with Gasteiger partial charge in [-0.1, -0.05) is 24.3 Å². The minimum absolute atomic E-state index is 0.710. The summed E-state index contributed by atoms with van der Waals surface area (Å²) in [5.74, 6) is 2.04. The smallest absolute Gasteiger partial charge is 0.125 e. The molecule has 29 heavy (non-hydrogen) atoms. The van der Waals surface area contributed by atoms with Crippen LogP contribution in [0.5, 0.6) is 11.5 Å². The highest BCUT2D eigenvalue weighted by Crippen LogP contribution is 2.29. The van der Waals surface area contributed by atoms with Crippen molar-refractivity contribution in [3.05, 3.63) is 57.6 Å². The molecule has 0 saturated heterocycles. The van der Waals surface area contributed by atoms with Crippen molar-refractivity contribution >= 4 is 0 Å². The van der Waals surface area contributed by atoms with Crippen LogP contribution in [0.1, 0.15) is 33.4 Å². The van der Waals surface area contributed by atoms with Crippen molar-refractivity contribution in [3.63, 3.8) is 0 Å². The molecule has 160 valence electrons. The Labute approximate surface area is 177 Å². The van der Waals surface area contributed by atoms with Crippen LogP contribution in [0.4, 0.5) is 0 Å². The minimum Gasteiger partial charge on any atom is -0.492 e. The fraction of sp³-hybridized carbons (Fsp3) is 0.520. The minimum atomic E-state index is 0.710. The van der Waals surface area contributed by atoms with Crippen molar-refractivity contribution in [2.45, 2.75) is 34.1 Å². The second-order valence-electron chi connectivity index (χ2n) is 8.60. The van der Waals surface area contributed by atoms with Gasteiger partial charge in [0.1, 0.15) is 24.7 Å². The van der Waals surface area contributed by atoms with E-state index in [2.05, 4.69) is 90.0 Å². The second-order valence-corrected chi connectivity index (χ2v) is 8.60. The Morgan fingerprint density at radius 3 is 1.17 bits per heavy atom. The van der Waals surface area contributed by atoms with E-state index < -0.39 is 0 Å².